The number of nitrogens with one attached hydrogen (secondary N) is 1. The number of para-hydroxylation sites is 1. The number of methoxy groups -OCH3 is 1. The predicted molar refractivity (Wildman–Crippen MR) is 93.8 cm³/mol. The lowest BCUT2D eigenvalue weighted by atomic mass is 10.1. The molecule has 0 spiro atoms. The van der Waals surface area contributed by atoms with E-state index in [1.54, 1.807) is 24.2 Å². The van der Waals surface area contributed by atoms with Gasteiger partial charge >= 0.3 is 0 Å². The molecule has 0 atom stereocenters. The maximum atomic E-state index is 12.5. The van der Waals surface area contributed by atoms with Crippen LogP contribution in [0.4, 0.5) is 5.69 Å². The number of nitrogens with zero attached hydrogens (tertiary/aromatic N) is 2. The third-order valence-electron chi connectivity index (χ3n) is 3.72. The molecule has 0 saturated carbocycles. The Morgan fingerprint density at radius 1 is 1.44 bits per heavy atom. The summed E-state index contributed by atoms with van der Waals surface area (Å²) in [6.07, 6.45) is 5.20. The molecule has 25 heavy (non-hydrogen) atoms. The monoisotopic (exact) mass is 343 g/mol. The Hall–Kier alpha value is -2.80. The van der Waals surface area contributed by atoms with Gasteiger partial charge in [-0.3, -0.25) is 9.48 Å². The van der Waals surface area contributed by atoms with Gasteiger partial charge in [0, 0.05) is 18.9 Å². The van der Waals surface area contributed by atoms with E-state index >= 15 is 0 Å². The number of aromatic nitrogens is 2. The Bertz CT molecular complexity index is 782. The molecule has 3 rings (SSSR count). The molecule has 7 nitrogen and oxygen atoms in total. The number of fused-ring (bicyclic) bond motifs is 1. The average molecular weight is 343 g/mol. The number of carbonyl (C=O) groups is 1. The third kappa shape index (κ3) is 4.00. The zero-order valence-electron chi connectivity index (χ0n) is 14.3. The quantitative estimate of drug-likeness (QED) is 0.835. The third-order valence-corrected chi connectivity index (χ3v) is 3.72. The van der Waals surface area contributed by atoms with E-state index in [4.69, 9.17) is 14.2 Å². The average Bonchev–Trinajstić information content (AvgIpc) is 3.07. The number of benzene rings is 1. The maximum Gasteiger partial charge on any atom is 0.255 e. The van der Waals surface area contributed by atoms with Crippen molar-refractivity contribution in [3.05, 3.63) is 41.7 Å². The molecule has 132 valence electrons. The van der Waals surface area contributed by atoms with E-state index in [9.17, 15) is 4.79 Å². The smallest absolute Gasteiger partial charge is 0.255 e. The van der Waals surface area contributed by atoms with Gasteiger partial charge in [-0.25, -0.2) is 0 Å². The highest BCUT2D eigenvalue weighted by atomic mass is 16.5. The SMILES string of the molecule is CCOc1cccc2c1OCC(C(=O)Nc1cnn(CCOC)c1)=C2. The summed E-state index contributed by atoms with van der Waals surface area (Å²) in [7, 11) is 1.64. The zero-order chi connectivity index (χ0) is 17.6. The van der Waals surface area contributed by atoms with Gasteiger partial charge in [0.05, 0.1) is 37.2 Å². The fourth-order valence-electron chi connectivity index (χ4n) is 2.53. The van der Waals surface area contributed by atoms with Gasteiger partial charge in [-0.15, -0.1) is 0 Å². The number of carbonyl (C=O) groups excluding carboxylic acids is 1. The summed E-state index contributed by atoms with van der Waals surface area (Å²) in [6.45, 7) is 3.87. The van der Waals surface area contributed by atoms with Gasteiger partial charge in [0.2, 0.25) is 0 Å². The van der Waals surface area contributed by atoms with Crippen molar-refractivity contribution in [2.75, 3.05) is 32.2 Å². The summed E-state index contributed by atoms with van der Waals surface area (Å²) < 4.78 is 18.0. The fourth-order valence-corrected chi connectivity index (χ4v) is 2.53. The molecule has 7 heteroatoms. The Morgan fingerprint density at radius 2 is 2.32 bits per heavy atom. The molecular formula is C18H21N3O4. The molecule has 1 amide bonds. The fraction of sp³-hybridized carbons (Fsp3) is 0.333. The lowest BCUT2D eigenvalue weighted by Gasteiger charge is -2.20. The molecule has 2 heterocycles. The number of anilines is 1. The highest BCUT2D eigenvalue weighted by molar-refractivity contribution is 6.07. The summed E-state index contributed by atoms with van der Waals surface area (Å²) in [5.74, 6) is 1.15. The zero-order valence-corrected chi connectivity index (χ0v) is 14.3. The summed E-state index contributed by atoms with van der Waals surface area (Å²) in [5.41, 5.74) is 2.01. The van der Waals surface area contributed by atoms with E-state index in [2.05, 4.69) is 10.4 Å². The first-order chi connectivity index (χ1) is 12.2. The Kier molecular flexibility index (Phi) is 5.35. The molecule has 0 radical (unpaired) electrons. The molecule has 1 aromatic heterocycles. The first-order valence-corrected chi connectivity index (χ1v) is 8.13. The van der Waals surface area contributed by atoms with Crippen LogP contribution in [0.1, 0.15) is 12.5 Å². The lowest BCUT2D eigenvalue weighted by molar-refractivity contribution is -0.113. The van der Waals surface area contributed by atoms with Crippen LogP contribution in [0, 0.1) is 0 Å². The van der Waals surface area contributed by atoms with Gasteiger partial charge in [0.15, 0.2) is 11.5 Å². The van der Waals surface area contributed by atoms with Gasteiger partial charge in [-0.1, -0.05) is 12.1 Å². The number of hydrogen-bond donors (Lipinski definition) is 1. The first kappa shape index (κ1) is 17.0. The van der Waals surface area contributed by atoms with E-state index < -0.39 is 0 Å². The van der Waals surface area contributed by atoms with E-state index in [1.165, 1.54) is 0 Å². The largest absolute Gasteiger partial charge is 0.490 e. The summed E-state index contributed by atoms with van der Waals surface area (Å²) in [6, 6.07) is 5.63. The van der Waals surface area contributed by atoms with Crippen LogP contribution >= 0.6 is 0 Å². The Morgan fingerprint density at radius 3 is 3.12 bits per heavy atom. The van der Waals surface area contributed by atoms with Crippen LogP contribution in [0.2, 0.25) is 0 Å². The molecule has 0 saturated heterocycles. The summed E-state index contributed by atoms with van der Waals surface area (Å²) in [5, 5.41) is 7.01. The van der Waals surface area contributed by atoms with Crippen LogP contribution in [0.15, 0.2) is 36.2 Å². The first-order valence-electron chi connectivity index (χ1n) is 8.13. The number of hydrogen-bond acceptors (Lipinski definition) is 5. The van der Waals surface area contributed by atoms with Crippen molar-refractivity contribution in [1.82, 2.24) is 9.78 Å². The minimum absolute atomic E-state index is 0.195. The van der Waals surface area contributed by atoms with Crippen molar-refractivity contribution in [1.29, 1.82) is 0 Å². The Balaban J connectivity index is 1.71. The van der Waals surface area contributed by atoms with Gasteiger partial charge in [0.25, 0.3) is 5.91 Å². The van der Waals surface area contributed by atoms with Gasteiger partial charge < -0.3 is 19.5 Å². The summed E-state index contributed by atoms with van der Waals surface area (Å²) >= 11 is 0. The molecule has 2 aromatic rings. The van der Waals surface area contributed by atoms with Crippen molar-refractivity contribution in [2.45, 2.75) is 13.5 Å². The molecule has 0 fully saturated rings. The second-order valence-electron chi connectivity index (χ2n) is 5.50. The minimum Gasteiger partial charge on any atom is -0.490 e. The van der Waals surface area contributed by atoms with E-state index in [0.717, 1.165) is 5.56 Å². The van der Waals surface area contributed by atoms with E-state index in [1.807, 2.05) is 31.2 Å². The van der Waals surface area contributed by atoms with Crippen molar-refractivity contribution < 1.29 is 19.0 Å². The minimum atomic E-state index is -0.209. The Labute approximate surface area is 146 Å². The predicted octanol–water partition coefficient (Wildman–Crippen LogP) is 2.34. The van der Waals surface area contributed by atoms with Crippen molar-refractivity contribution in [3.63, 3.8) is 0 Å². The normalized spacial score (nSPS) is 12.8. The van der Waals surface area contributed by atoms with Gasteiger partial charge in [-0.05, 0) is 19.1 Å². The number of amides is 1. The van der Waals surface area contributed by atoms with Crippen LogP contribution in [0.3, 0.4) is 0 Å². The van der Waals surface area contributed by atoms with Crippen LogP contribution in [-0.4, -0.2) is 42.6 Å². The molecule has 0 aliphatic carbocycles. The molecule has 0 unspecified atom stereocenters. The van der Waals surface area contributed by atoms with Crippen molar-refractivity contribution >= 4 is 17.7 Å². The molecule has 1 N–H and O–H groups in total. The highest BCUT2D eigenvalue weighted by Gasteiger charge is 2.20. The maximum absolute atomic E-state index is 12.5. The van der Waals surface area contributed by atoms with Gasteiger partial charge in [-0.2, -0.15) is 5.10 Å². The van der Waals surface area contributed by atoms with Crippen molar-refractivity contribution in [2.24, 2.45) is 0 Å². The van der Waals surface area contributed by atoms with Crippen LogP contribution in [-0.2, 0) is 16.1 Å². The highest BCUT2D eigenvalue weighted by Crippen LogP contribution is 2.35. The number of rotatable bonds is 7. The van der Waals surface area contributed by atoms with Crippen LogP contribution in [0.5, 0.6) is 11.5 Å². The second-order valence-corrected chi connectivity index (χ2v) is 5.50. The van der Waals surface area contributed by atoms with Crippen LogP contribution < -0.4 is 14.8 Å². The van der Waals surface area contributed by atoms with Crippen LogP contribution in [0.25, 0.3) is 6.08 Å². The molecule has 1 aliphatic heterocycles. The number of ether oxygens (including phenoxy) is 3. The van der Waals surface area contributed by atoms with Gasteiger partial charge in [0.1, 0.15) is 6.61 Å². The van der Waals surface area contributed by atoms with Crippen molar-refractivity contribution in [3.8, 4) is 11.5 Å². The lowest BCUT2D eigenvalue weighted by Crippen LogP contribution is -2.21. The second kappa shape index (κ2) is 7.85. The molecule has 0 bridgehead atoms. The van der Waals surface area contributed by atoms with E-state index in [0.29, 0.717) is 42.5 Å². The van der Waals surface area contributed by atoms with E-state index in [-0.39, 0.29) is 12.5 Å². The molecule has 1 aromatic carbocycles. The molecular weight excluding hydrogens is 322 g/mol. The topological polar surface area (TPSA) is 74.6 Å². The standard InChI is InChI=1S/C18H21N3O4/c1-3-24-16-6-4-5-13-9-14(12-25-17(13)16)18(22)20-15-10-19-21(11-15)7-8-23-2/h4-6,9-11H,3,7-8,12H2,1-2H3,(H,20,22). The summed E-state index contributed by atoms with van der Waals surface area (Å²) in [4.78, 5) is 12.5. The molecule has 1 aliphatic rings.